The van der Waals surface area contributed by atoms with Gasteiger partial charge in [0, 0.05) is 38.8 Å². The Morgan fingerprint density at radius 2 is 2.04 bits per heavy atom. The molecule has 0 spiro atoms. The van der Waals surface area contributed by atoms with Gasteiger partial charge in [-0.05, 0) is 32.1 Å². The average molecular weight is 341 g/mol. The number of benzene rings is 1. The predicted octanol–water partition coefficient (Wildman–Crippen LogP) is 2.11. The summed E-state index contributed by atoms with van der Waals surface area (Å²) >= 11 is 6.06. The number of halogens is 1. The van der Waals surface area contributed by atoms with Crippen LogP contribution < -0.4 is 15.4 Å². The zero-order valence-corrected chi connectivity index (χ0v) is 14.5. The van der Waals surface area contributed by atoms with Crippen LogP contribution in [0.3, 0.4) is 0 Å². The number of nitrogens with one attached hydrogen (secondary N) is 2. The van der Waals surface area contributed by atoms with Crippen molar-refractivity contribution in [2.75, 3.05) is 58.7 Å². The number of nitrogens with zero attached hydrogens (tertiary/aromatic N) is 2. The van der Waals surface area contributed by atoms with Crippen molar-refractivity contribution in [1.29, 1.82) is 0 Å². The molecule has 2 N–H and O–H groups in total. The number of ether oxygens (including phenoxy) is 1. The summed E-state index contributed by atoms with van der Waals surface area (Å²) in [5.41, 5.74) is 0.544. The maximum absolute atomic E-state index is 11.9. The molecule has 2 rings (SSSR count). The van der Waals surface area contributed by atoms with Gasteiger partial charge in [0.25, 0.3) is 0 Å². The zero-order valence-electron chi connectivity index (χ0n) is 13.8. The average Bonchev–Trinajstić information content (AvgIpc) is 2.55. The van der Waals surface area contributed by atoms with E-state index in [4.69, 9.17) is 16.3 Å². The quantitative estimate of drug-likeness (QED) is 0.779. The number of hydrogen-bond donors (Lipinski definition) is 2. The lowest BCUT2D eigenvalue weighted by atomic mass is 10.3. The highest BCUT2D eigenvalue weighted by atomic mass is 35.5. The van der Waals surface area contributed by atoms with E-state index < -0.39 is 0 Å². The molecular formula is C16H25ClN4O2. The van der Waals surface area contributed by atoms with E-state index in [2.05, 4.69) is 27.5 Å². The van der Waals surface area contributed by atoms with Crippen LogP contribution in [0.1, 0.15) is 6.42 Å². The second-order valence-electron chi connectivity index (χ2n) is 5.73. The topological polar surface area (TPSA) is 56.8 Å². The van der Waals surface area contributed by atoms with Crippen molar-refractivity contribution in [3.63, 3.8) is 0 Å². The van der Waals surface area contributed by atoms with Crippen molar-refractivity contribution < 1.29 is 9.53 Å². The molecule has 0 aromatic heterocycles. The summed E-state index contributed by atoms with van der Waals surface area (Å²) < 4.78 is 5.13. The number of piperazine rings is 1. The smallest absolute Gasteiger partial charge is 0.319 e. The van der Waals surface area contributed by atoms with Crippen molar-refractivity contribution in [2.45, 2.75) is 6.42 Å². The molecule has 1 aliphatic heterocycles. The monoisotopic (exact) mass is 340 g/mol. The number of carbonyl (C=O) groups is 1. The van der Waals surface area contributed by atoms with Gasteiger partial charge in [-0.15, -0.1) is 0 Å². The first-order chi connectivity index (χ1) is 11.1. The third kappa shape index (κ3) is 5.89. The highest BCUT2D eigenvalue weighted by Crippen LogP contribution is 2.26. The Balaban J connectivity index is 1.67. The van der Waals surface area contributed by atoms with E-state index in [-0.39, 0.29) is 6.03 Å². The van der Waals surface area contributed by atoms with Gasteiger partial charge in [-0.3, -0.25) is 0 Å². The molecule has 1 saturated heterocycles. The third-order valence-corrected chi connectivity index (χ3v) is 4.28. The number of hydrogen-bond acceptors (Lipinski definition) is 4. The van der Waals surface area contributed by atoms with Crippen molar-refractivity contribution in [3.8, 4) is 5.75 Å². The molecule has 0 saturated carbocycles. The van der Waals surface area contributed by atoms with Crippen LogP contribution in [0.25, 0.3) is 0 Å². The van der Waals surface area contributed by atoms with Crippen LogP contribution in [0.5, 0.6) is 5.75 Å². The lowest BCUT2D eigenvalue weighted by molar-refractivity contribution is 0.153. The number of rotatable bonds is 6. The number of anilines is 1. The second kappa shape index (κ2) is 8.96. The first-order valence-electron chi connectivity index (χ1n) is 7.88. The molecule has 0 atom stereocenters. The minimum atomic E-state index is -0.251. The molecule has 0 radical (unpaired) electrons. The van der Waals surface area contributed by atoms with Crippen molar-refractivity contribution in [2.24, 2.45) is 0 Å². The number of carbonyl (C=O) groups excluding carboxylic acids is 1. The minimum Gasteiger partial charge on any atom is -0.497 e. The van der Waals surface area contributed by atoms with Crippen LogP contribution in [0.2, 0.25) is 5.02 Å². The molecule has 1 fully saturated rings. The molecule has 128 valence electrons. The van der Waals surface area contributed by atoms with Crippen LogP contribution in [0, 0.1) is 0 Å². The first-order valence-corrected chi connectivity index (χ1v) is 8.25. The van der Waals surface area contributed by atoms with Gasteiger partial charge in [0.05, 0.1) is 17.8 Å². The minimum absolute atomic E-state index is 0.251. The molecule has 1 heterocycles. The van der Waals surface area contributed by atoms with Crippen LogP contribution in [0.4, 0.5) is 10.5 Å². The van der Waals surface area contributed by atoms with Gasteiger partial charge in [0.15, 0.2) is 0 Å². The summed E-state index contributed by atoms with van der Waals surface area (Å²) in [7, 11) is 3.72. The normalized spacial score (nSPS) is 16.1. The summed E-state index contributed by atoms with van der Waals surface area (Å²) in [4.78, 5) is 16.7. The number of likely N-dealkylation sites (N-methyl/N-ethyl adjacent to an activating group) is 1. The summed E-state index contributed by atoms with van der Waals surface area (Å²) in [6.07, 6.45) is 0.934. The largest absolute Gasteiger partial charge is 0.497 e. The van der Waals surface area contributed by atoms with Crippen LogP contribution >= 0.6 is 11.6 Å². The zero-order chi connectivity index (χ0) is 16.7. The van der Waals surface area contributed by atoms with Crippen LogP contribution in [0.15, 0.2) is 18.2 Å². The second-order valence-corrected chi connectivity index (χ2v) is 6.13. The standard InChI is InChI=1S/C16H25ClN4O2/c1-20-8-10-21(11-9-20)7-3-6-18-16(22)19-15-12-13(23-2)4-5-14(15)17/h4-5,12H,3,6-11H2,1-2H3,(H2,18,19,22). The van der Waals surface area contributed by atoms with E-state index in [9.17, 15) is 4.79 Å². The highest BCUT2D eigenvalue weighted by molar-refractivity contribution is 6.33. The lowest BCUT2D eigenvalue weighted by Gasteiger charge is -2.32. The van der Waals surface area contributed by atoms with E-state index in [0.29, 0.717) is 23.0 Å². The molecule has 1 aliphatic rings. The van der Waals surface area contributed by atoms with Gasteiger partial charge in [-0.25, -0.2) is 4.79 Å². The molecule has 6 nitrogen and oxygen atoms in total. The molecule has 23 heavy (non-hydrogen) atoms. The first kappa shape index (κ1) is 17.8. The molecular weight excluding hydrogens is 316 g/mol. The fourth-order valence-corrected chi connectivity index (χ4v) is 2.63. The third-order valence-electron chi connectivity index (χ3n) is 3.95. The van der Waals surface area contributed by atoms with E-state index in [1.165, 1.54) is 0 Å². The van der Waals surface area contributed by atoms with E-state index in [1.807, 2.05) is 0 Å². The molecule has 0 unspecified atom stereocenters. The Morgan fingerprint density at radius 3 is 2.74 bits per heavy atom. The summed E-state index contributed by atoms with van der Waals surface area (Å²) in [6, 6.07) is 4.90. The van der Waals surface area contributed by atoms with E-state index in [1.54, 1.807) is 25.3 Å². The van der Waals surface area contributed by atoms with Crippen molar-refractivity contribution in [3.05, 3.63) is 23.2 Å². The number of methoxy groups -OCH3 is 1. The Labute approximate surface area is 142 Å². The number of urea groups is 1. The SMILES string of the molecule is COc1ccc(Cl)c(NC(=O)NCCCN2CCN(C)CC2)c1. The number of amides is 2. The predicted molar refractivity (Wildman–Crippen MR) is 93.6 cm³/mol. The van der Waals surface area contributed by atoms with Gasteiger partial charge in [0.2, 0.25) is 0 Å². The van der Waals surface area contributed by atoms with Crippen LogP contribution in [-0.2, 0) is 0 Å². The Morgan fingerprint density at radius 1 is 1.30 bits per heavy atom. The lowest BCUT2D eigenvalue weighted by Crippen LogP contribution is -2.45. The van der Waals surface area contributed by atoms with Gasteiger partial charge >= 0.3 is 6.03 Å². The molecule has 0 aliphatic carbocycles. The summed E-state index contributed by atoms with van der Waals surface area (Å²) in [5, 5.41) is 6.09. The van der Waals surface area contributed by atoms with E-state index in [0.717, 1.165) is 39.1 Å². The van der Waals surface area contributed by atoms with Crippen LogP contribution in [-0.4, -0.2) is 69.3 Å². The molecule has 0 bridgehead atoms. The highest BCUT2D eigenvalue weighted by Gasteiger charge is 2.13. The fourth-order valence-electron chi connectivity index (χ4n) is 2.47. The molecule has 7 heteroatoms. The fraction of sp³-hybridized carbons (Fsp3) is 0.562. The Hall–Kier alpha value is -1.50. The molecule has 2 amide bonds. The molecule has 1 aromatic carbocycles. The Bertz CT molecular complexity index is 519. The maximum atomic E-state index is 11.9. The maximum Gasteiger partial charge on any atom is 0.319 e. The Kier molecular flexibility index (Phi) is 6.95. The summed E-state index contributed by atoms with van der Waals surface area (Å²) in [5.74, 6) is 0.653. The van der Waals surface area contributed by atoms with Gasteiger partial charge in [-0.2, -0.15) is 0 Å². The van der Waals surface area contributed by atoms with Gasteiger partial charge in [0.1, 0.15) is 5.75 Å². The van der Waals surface area contributed by atoms with Crippen molar-refractivity contribution >= 4 is 23.3 Å². The van der Waals surface area contributed by atoms with Crippen molar-refractivity contribution in [1.82, 2.24) is 15.1 Å². The van der Waals surface area contributed by atoms with Gasteiger partial charge < -0.3 is 25.2 Å². The van der Waals surface area contributed by atoms with E-state index >= 15 is 0 Å². The molecule has 1 aromatic rings. The summed E-state index contributed by atoms with van der Waals surface area (Å²) in [6.45, 7) is 6.07. The van der Waals surface area contributed by atoms with Gasteiger partial charge in [-0.1, -0.05) is 11.6 Å².